The Bertz CT molecular complexity index is 796. The van der Waals surface area contributed by atoms with Gasteiger partial charge in [0, 0.05) is 45.0 Å². The molecule has 0 unspecified atom stereocenters. The van der Waals surface area contributed by atoms with Crippen LogP contribution in [0.3, 0.4) is 0 Å². The maximum Gasteiger partial charge on any atom is 0.225 e. The first-order valence-electron chi connectivity index (χ1n) is 8.97. The Morgan fingerprint density at radius 3 is 2.42 bits per heavy atom. The number of hydrogen-bond donors (Lipinski definition) is 0. The fraction of sp³-hybridized carbons (Fsp3) is 0.389. The molecule has 26 heavy (non-hydrogen) atoms. The van der Waals surface area contributed by atoms with Crippen LogP contribution in [0.4, 0.5) is 5.95 Å². The molecule has 3 heterocycles. The van der Waals surface area contributed by atoms with Crippen molar-refractivity contribution in [2.45, 2.75) is 12.8 Å². The molecule has 3 aromatic rings. The van der Waals surface area contributed by atoms with E-state index >= 15 is 0 Å². The number of aromatic nitrogens is 6. The Balaban J connectivity index is 1.26. The van der Waals surface area contributed by atoms with Crippen LogP contribution in [-0.2, 0) is 6.42 Å². The summed E-state index contributed by atoms with van der Waals surface area (Å²) in [6.45, 7) is 5.03. The molecule has 0 atom stereocenters. The molecule has 134 valence electrons. The highest BCUT2D eigenvalue weighted by atomic mass is 15.5. The summed E-state index contributed by atoms with van der Waals surface area (Å²) in [4.78, 5) is 13.4. The molecule has 1 aliphatic heterocycles. The van der Waals surface area contributed by atoms with E-state index in [1.807, 2.05) is 41.1 Å². The first-order valence-corrected chi connectivity index (χ1v) is 8.97. The molecule has 4 rings (SSSR count). The zero-order valence-corrected chi connectivity index (χ0v) is 14.6. The van der Waals surface area contributed by atoms with Gasteiger partial charge < -0.3 is 4.90 Å². The van der Waals surface area contributed by atoms with Gasteiger partial charge in [-0.2, -0.15) is 4.68 Å². The van der Waals surface area contributed by atoms with Gasteiger partial charge in [0.2, 0.25) is 5.95 Å². The summed E-state index contributed by atoms with van der Waals surface area (Å²) in [7, 11) is 0. The van der Waals surface area contributed by atoms with Crippen molar-refractivity contribution in [2.24, 2.45) is 0 Å². The van der Waals surface area contributed by atoms with E-state index in [2.05, 4.69) is 35.3 Å². The van der Waals surface area contributed by atoms with Crippen LogP contribution in [0.5, 0.6) is 0 Å². The Morgan fingerprint density at radius 2 is 1.65 bits per heavy atom. The molecule has 2 aromatic heterocycles. The number of para-hydroxylation sites is 1. The minimum atomic E-state index is 0.828. The molecule has 0 amide bonds. The van der Waals surface area contributed by atoms with Crippen molar-refractivity contribution in [3.63, 3.8) is 0 Å². The van der Waals surface area contributed by atoms with Crippen molar-refractivity contribution in [3.8, 4) is 5.69 Å². The van der Waals surface area contributed by atoms with Gasteiger partial charge in [-0.3, -0.25) is 4.90 Å². The van der Waals surface area contributed by atoms with Crippen LogP contribution in [0.2, 0.25) is 0 Å². The van der Waals surface area contributed by atoms with Gasteiger partial charge in [-0.15, -0.1) is 5.10 Å². The number of aryl methyl sites for hydroxylation is 1. The van der Waals surface area contributed by atoms with Crippen molar-refractivity contribution in [1.29, 1.82) is 0 Å². The molecular formula is C18H22N8. The number of anilines is 1. The van der Waals surface area contributed by atoms with E-state index < -0.39 is 0 Å². The van der Waals surface area contributed by atoms with Gasteiger partial charge >= 0.3 is 0 Å². The molecule has 0 radical (unpaired) electrons. The van der Waals surface area contributed by atoms with E-state index in [9.17, 15) is 0 Å². The standard InChI is InChI=1S/C18H22N8/c1-2-6-16(7-3-1)26-17(21-22-23-26)8-4-11-24-12-14-25(15-13-24)18-19-9-5-10-20-18/h1-3,5-7,9-10H,4,8,11-15H2. The van der Waals surface area contributed by atoms with Gasteiger partial charge in [0.25, 0.3) is 0 Å². The van der Waals surface area contributed by atoms with E-state index in [4.69, 9.17) is 0 Å². The topological polar surface area (TPSA) is 75.9 Å². The molecule has 0 aliphatic carbocycles. The van der Waals surface area contributed by atoms with Crippen molar-refractivity contribution in [2.75, 3.05) is 37.6 Å². The maximum atomic E-state index is 4.33. The monoisotopic (exact) mass is 350 g/mol. The summed E-state index contributed by atoms with van der Waals surface area (Å²) in [6.07, 6.45) is 5.50. The number of tetrazole rings is 1. The molecule has 1 aromatic carbocycles. The Kier molecular flexibility index (Phi) is 5.11. The highest BCUT2D eigenvalue weighted by molar-refractivity contribution is 5.30. The summed E-state index contributed by atoms with van der Waals surface area (Å²) in [5.74, 6) is 1.74. The molecule has 1 saturated heterocycles. The average molecular weight is 350 g/mol. The third-order valence-electron chi connectivity index (χ3n) is 4.62. The van der Waals surface area contributed by atoms with Crippen LogP contribution in [0, 0.1) is 0 Å². The molecule has 8 nitrogen and oxygen atoms in total. The molecular weight excluding hydrogens is 328 g/mol. The van der Waals surface area contributed by atoms with E-state index in [-0.39, 0.29) is 0 Å². The second kappa shape index (κ2) is 8.01. The van der Waals surface area contributed by atoms with Crippen LogP contribution >= 0.6 is 0 Å². The van der Waals surface area contributed by atoms with Gasteiger partial charge in [0.15, 0.2) is 5.82 Å². The van der Waals surface area contributed by atoms with E-state index in [0.717, 1.165) is 63.0 Å². The van der Waals surface area contributed by atoms with Gasteiger partial charge in [-0.25, -0.2) is 9.97 Å². The lowest BCUT2D eigenvalue weighted by Gasteiger charge is -2.34. The normalized spacial score (nSPS) is 15.3. The minimum absolute atomic E-state index is 0.828. The SMILES string of the molecule is c1ccc(-n2nnnc2CCCN2CCN(c3ncccn3)CC2)cc1. The predicted octanol–water partition coefficient (Wildman–Crippen LogP) is 1.21. The quantitative estimate of drug-likeness (QED) is 0.661. The summed E-state index contributed by atoms with van der Waals surface area (Å²) in [5, 5.41) is 12.1. The van der Waals surface area contributed by atoms with Gasteiger partial charge in [-0.1, -0.05) is 18.2 Å². The molecule has 8 heteroatoms. The van der Waals surface area contributed by atoms with Crippen molar-refractivity contribution in [1.82, 2.24) is 35.1 Å². The molecule has 1 fully saturated rings. The molecule has 0 N–H and O–H groups in total. The van der Waals surface area contributed by atoms with E-state index in [1.54, 1.807) is 12.4 Å². The molecule has 1 aliphatic rings. The summed E-state index contributed by atoms with van der Waals surface area (Å²) < 4.78 is 1.82. The second-order valence-corrected chi connectivity index (χ2v) is 6.32. The zero-order chi connectivity index (χ0) is 17.6. The molecule has 0 saturated carbocycles. The number of benzene rings is 1. The Labute approximate surface area is 152 Å². The molecule has 0 spiro atoms. The Morgan fingerprint density at radius 1 is 0.885 bits per heavy atom. The summed E-state index contributed by atoms with van der Waals surface area (Å²) >= 11 is 0. The second-order valence-electron chi connectivity index (χ2n) is 6.32. The predicted molar refractivity (Wildman–Crippen MR) is 98.2 cm³/mol. The number of rotatable bonds is 6. The molecule has 0 bridgehead atoms. The number of nitrogens with zero attached hydrogens (tertiary/aromatic N) is 8. The highest BCUT2D eigenvalue weighted by Gasteiger charge is 2.18. The largest absolute Gasteiger partial charge is 0.338 e. The van der Waals surface area contributed by atoms with Gasteiger partial charge in [-0.05, 0) is 41.6 Å². The smallest absolute Gasteiger partial charge is 0.225 e. The van der Waals surface area contributed by atoms with E-state index in [0.29, 0.717) is 0 Å². The third-order valence-corrected chi connectivity index (χ3v) is 4.62. The number of hydrogen-bond acceptors (Lipinski definition) is 7. The van der Waals surface area contributed by atoms with Crippen LogP contribution < -0.4 is 4.90 Å². The summed E-state index contributed by atoms with van der Waals surface area (Å²) in [5.41, 5.74) is 1.00. The lowest BCUT2D eigenvalue weighted by atomic mass is 10.2. The fourth-order valence-electron chi connectivity index (χ4n) is 3.22. The number of piperazine rings is 1. The van der Waals surface area contributed by atoms with Gasteiger partial charge in [0.05, 0.1) is 5.69 Å². The van der Waals surface area contributed by atoms with Crippen molar-refractivity contribution >= 4 is 5.95 Å². The van der Waals surface area contributed by atoms with Crippen LogP contribution in [-0.4, -0.2) is 67.8 Å². The Hall–Kier alpha value is -2.87. The summed E-state index contributed by atoms with van der Waals surface area (Å²) in [6, 6.07) is 11.9. The van der Waals surface area contributed by atoms with E-state index in [1.165, 1.54) is 0 Å². The fourth-order valence-corrected chi connectivity index (χ4v) is 3.22. The lowest BCUT2D eigenvalue weighted by molar-refractivity contribution is 0.253. The van der Waals surface area contributed by atoms with Crippen LogP contribution in [0.1, 0.15) is 12.2 Å². The van der Waals surface area contributed by atoms with Crippen molar-refractivity contribution < 1.29 is 0 Å². The van der Waals surface area contributed by atoms with Crippen molar-refractivity contribution in [3.05, 3.63) is 54.6 Å². The lowest BCUT2D eigenvalue weighted by Crippen LogP contribution is -2.47. The third kappa shape index (κ3) is 3.85. The van der Waals surface area contributed by atoms with Crippen LogP contribution in [0.15, 0.2) is 48.8 Å². The van der Waals surface area contributed by atoms with Crippen LogP contribution in [0.25, 0.3) is 5.69 Å². The first-order chi connectivity index (χ1) is 12.9. The maximum absolute atomic E-state index is 4.33. The van der Waals surface area contributed by atoms with Gasteiger partial charge in [0.1, 0.15) is 0 Å². The highest BCUT2D eigenvalue weighted by Crippen LogP contribution is 2.12. The first kappa shape index (κ1) is 16.6. The zero-order valence-electron chi connectivity index (χ0n) is 14.6. The average Bonchev–Trinajstić information content (AvgIpc) is 3.18. The minimum Gasteiger partial charge on any atom is -0.338 e.